The Kier molecular flexibility index (Phi) is 4.92. The Morgan fingerprint density at radius 3 is 2.65 bits per heavy atom. The molecule has 1 amide bonds. The van der Waals surface area contributed by atoms with Crippen LogP contribution >= 0.6 is 27.3 Å². The van der Waals surface area contributed by atoms with Gasteiger partial charge < -0.3 is 10.4 Å². The molecule has 1 aromatic carbocycles. The molecule has 0 unspecified atom stereocenters. The van der Waals surface area contributed by atoms with Gasteiger partial charge in [-0.3, -0.25) is 4.79 Å². The fraction of sp³-hybridized carbons (Fsp3) is 0.143. The van der Waals surface area contributed by atoms with Crippen LogP contribution in [0.2, 0.25) is 0 Å². The molecule has 1 heterocycles. The lowest BCUT2D eigenvalue weighted by Gasteiger charge is -2.07. The molecular formula is C14H12BrNO3S. The maximum Gasteiger partial charge on any atom is 0.335 e. The fourth-order valence-corrected chi connectivity index (χ4v) is 3.18. The van der Waals surface area contributed by atoms with Crippen molar-refractivity contribution in [2.75, 3.05) is 0 Å². The van der Waals surface area contributed by atoms with Crippen LogP contribution in [0.4, 0.5) is 0 Å². The third kappa shape index (κ3) is 3.68. The predicted octanol–water partition coefficient (Wildman–Crippen LogP) is 3.07. The van der Waals surface area contributed by atoms with E-state index in [-0.39, 0.29) is 17.9 Å². The molecule has 0 saturated heterocycles. The summed E-state index contributed by atoms with van der Waals surface area (Å²) >= 11 is 4.95. The van der Waals surface area contributed by atoms with E-state index in [1.165, 1.54) is 6.07 Å². The van der Waals surface area contributed by atoms with Crippen LogP contribution in [0.15, 0.2) is 40.2 Å². The van der Waals surface area contributed by atoms with Gasteiger partial charge in [-0.2, -0.15) is 0 Å². The van der Waals surface area contributed by atoms with E-state index >= 15 is 0 Å². The molecule has 2 aromatic rings. The average molecular weight is 354 g/mol. The molecule has 2 N–H and O–H groups in total. The fourth-order valence-electron chi connectivity index (χ4n) is 1.75. The highest BCUT2D eigenvalue weighted by Crippen LogP contribution is 2.22. The molecule has 0 aliphatic carbocycles. The second-order valence-corrected chi connectivity index (χ2v) is 5.96. The quantitative estimate of drug-likeness (QED) is 0.867. The second-order valence-electron chi connectivity index (χ2n) is 4.11. The number of carboxylic acids is 1. The molecule has 4 nitrogen and oxygen atoms in total. The Morgan fingerprint density at radius 2 is 2.00 bits per heavy atom. The summed E-state index contributed by atoms with van der Waals surface area (Å²) in [7, 11) is 0. The van der Waals surface area contributed by atoms with Gasteiger partial charge in [0, 0.05) is 9.35 Å². The summed E-state index contributed by atoms with van der Waals surface area (Å²) in [4.78, 5) is 24.0. The van der Waals surface area contributed by atoms with Crippen molar-refractivity contribution >= 4 is 39.1 Å². The third-order valence-electron chi connectivity index (χ3n) is 2.74. The summed E-state index contributed by atoms with van der Waals surface area (Å²) in [5.41, 5.74) is 0.683. The van der Waals surface area contributed by atoms with Gasteiger partial charge in [-0.25, -0.2) is 4.79 Å². The van der Waals surface area contributed by atoms with Crippen molar-refractivity contribution in [2.45, 2.75) is 13.0 Å². The van der Waals surface area contributed by atoms with Crippen LogP contribution < -0.4 is 5.32 Å². The SMILES string of the molecule is O=C(Cc1ccccc1C(=O)O)NCc1sccc1Br. The number of hydrogen-bond donors (Lipinski definition) is 2. The average Bonchev–Trinajstić information content (AvgIpc) is 2.82. The first kappa shape index (κ1) is 14.7. The van der Waals surface area contributed by atoms with E-state index < -0.39 is 5.97 Å². The van der Waals surface area contributed by atoms with Crippen molar-refractivity contribution < 1.29 is 14.7 Å². The maximum absolute atomic E-state index is 11.9. The summed E-state index contributed by atoms with van der Waals surface area (Å²) < 4.78 is 0.966. The van der Waals surface area contributed by atoms with Gasteiger partial charge in [0.25, 0.3) is 0 Å². The van der Waals surface area contributed by atoms with Gasteiger partial charge in [-0.1, -0.05) is 18.2 Å². The Labute approximate surface area is 128 Å². The maximum atomic E-state index is 11.9. The number of carbonyl (C=O) groups excluding carboxylic acids is 1. The van der Waals surface area contributed by atoms with E-state index in [9.17, 15) is 9.59 Å². The van der Waals surface area contributed by atoms with Crippen molar-refractivity contribution in [2.24, 2.45) is 0 Å². The van der Waals surface area contributed by atoms with Gasteiger partial charge in [-0.05, 0) is 39.0 Å². The topological polar surface area (TPSA) is 66.4 Å². The highest BCUT2D eigenvalue weighted by molar-refractivity contribution is 9.10. The highest BCUT2D eigenvalue weighted by Gasteiger charge is 2.12. The molecule has 0 spiro atoms. The standard InChI is InChI=1S/C14H12BrNO3S/c15-11-5-6-20-12(11)8-16-13(17)7-9-3-1-2-4-10(9)14(18)19/h1-6H,7-8H2,(H,16,17)(H,18,19). The predicted molar refractivity (Wildman–Crippen MR) is 81.0 cm³/mol. The van der Waals surface area contributed by atoms with E-state index in [4.69, 9.17) is 5.11 Å². The van der Waals surface area contributed by atoms with Gasteiger partial charge in [0.1, 0.15) is 0 Å². The Balaban J connectivity index is 1.98. The van der Waals surface area contributed by atoms with Gasteiger partial charge in [0.05, 0.1) is 18.5 Å². The molecular weight excluding hydrogens is 342 g/mol. The molecule has 0 aliphatic heterocycles. The van der Waals surface area contributed by atoms with Crippen LogP contribution in [0.25, 0.3) is 0 Å². The minimum atomic E-state index is -1.02. The van der Waals surface area contributed by atoms with Gasteiger partial charge in [0.2, 0.25) is 5.91 Å². The van der Waals surface area contributed by atoms with Crippen LogP contribution in [-0.2, 0) is 17.8 Å². The number of halogens is 1. The van der Waals surface area contributed by atoms with Crippen LogP contribution in [0.5, 0.6) is 0 Å². The lowest BCUT2D eigenvalue weighted by Crippen LogP contribution is -2.25. The van der Waals surface area contributed by atoms with Gasteiger partial charge in [0.15, 0.2) is 0 Å². The monoisotopic (exact) mass is 353 g/mol. The molecule has 0 bridgehead atoms. The number of benzene rings is 1. The Bertz CT molecular complexity index is 639. The number of rotatable bonds is 5. The Hall–Kier alpha value is -1.66. The molecule has 0 saturated carbocycles. The third-order valence-corrected chi connectivity index (χ3v) is 4.66. The van der Waals surface area contributed by atoms with Crippen molar-refractivity contribution in [3.05, 3.63) is 56.2 Å². The van der Waals surface area contributed by atoms with Gasteiger partial charge >= 0.3 is 5.97 Å². The zero-order valence-corrected chi connectivity index (χ0v) is 12.8. The lowest BCUT2D eigenvalue weighted by molar-refractivity contribution is -0.120. The molecule has 0 fully saturated rings. The van der Waals surface area contributed by atoms with E-state index in [1.807, 2.05) is 11.4 Å². The molecule has 104 valence electrons. The van der Waals surface area contributed by atoms with Crippen LogP contribution in [0, 0.1) is 0 Å². The number of aromatic carboxylic acids is 1. The van der Waals surface area contributed by atoms with E-state index in [0.717, 1.165) is 9.35 Å². The largest absolute Gasteiger partial charge is 0.478 e. The van der Waals surface area contributed by atoms with Crippen molar-refractivity contribution in [3.63, 3.8) is 0 Å². The second kappa shape index (κ2) is 6.67. The van der Waals surface area contributed by atoms with Crippen LogP contribution in [0.1, 0.15) is 20.8 Å². The molecule has 1 aromatic heterocycles. The number of thiophene rings is 1. The van der Waals surface area contributed by atoms with Crippen LogP contribution in [-0.4, -0.2) is 17.0 Å². The number of carbonyl (C=O) groups is 2. The minimum absolute atomic E-state index is 0.0610. The number of carboxylic acid groups (broad SMARTS) is 1. The number of amides is 1. The zero-order chi connectivity index (χ0) is 14.5. The number of nitrogens with one attached hydrogen (secondary N) is 1. The highest BCUT2D eigenvalue weighted by atomic mass is 79.9. The zero-order valence-electron chi connectivity index (χ0n) is 10.4. The first-order valence-electron chi connectivity index (χ1n) is 5.87. The normalized spacial score (nSPS) is 10.2. The number of hydrogen-bond acceptors (Lipinski definition) is 3. The molecule has 20 heavy (non-hydrogen) atoms. The first-order valence-corrected chi connectivity index (χ1v) is 7.55. The minimum Gasteiger partial charge on any atom is -0.478 e. The van der Waals surface area contributed by atoms with Crippen LogP contribution in [0.3, 0.4) is 0 Å². The molecule has 0 radical (unpaired) electrons. The molecule has 6 heteroatoms. The summed E-state index contributed by atoms with van der Waals surface area (Å²) in [6, 6.07) is 8.45. The lowest BCUT2D eigenvalue weighted by atomic mass is 10.0. The Morgan fingerprint density at radius 1 is 1.25 bits per heavy atom. The smallest absolute Gasteiger partial charge is 0.335 e. The van der Waals surface area contributed by atoms with Crippen molar-refractivity contribution in [3.8, 4) is 0 Å². The first-order chi connectivity index (χ1) is 9.58. The summed E-state index contributed by atoms with van der Waals surface area (Å²) in [6.45, 7) is 0.437. The van der Waals surface area contributed by atoms with E-state index in [1.54, 1.807) is 29.5 Å². The summed E-state index contributed by atoms with van der Waals surface area (Å²) in [6.07, 6.45) is 0.0610. The molecule has 2 rings (SSSR count). The van der Waals surface area contributed by atoms with Gasteiger partial charge in [-0.15, -0.1) is 11.3 Å². The summed E-state index contributed by atoms with van der Waals surface area (Å²) in [5, 5.41) is 13.8. The van der Waals surface area contributed by atoms with Crippen molar-refractivity contribution in [1.82, 2.24) is 5.32 Å². The molecule has 0 atom stereocenters. The van der Waals surface area contributed by atoms with Crippen molar-refractivity contribution in [1.29, 1.82) is 0 Å². The summed E-state index contributed by atoms with van der Waals surface area (Å²) in [5.74, 6) is -1.21. The molecule has 0 aliphatic rings. The van der Waals surface area contributed by atoms with E-state index in [0.29, 0.717) is 12.1 Å². The van der Waals surface area contributed by atoms with E-state index in [2.05, 4.69) is 21.2 Å².